The molecule has 0 amide bonds. The number of ether oxygens (including phenoxy) is 1. The Balaban J connectivity index is 1.78. The first-order chi connectivity index (χ1) is 12.5. The third kappa shape index (κ3) is 5.09. The van der Waals surface area contributed by atoms with E-state index in [1.807, 2.05) is 18.2 Å². The van der Waals surface area contributed by atoms with Crippen LogP contribution in [-0.2, 0) is 12.2 Å². The molecule has 0 atom stereocenters. The van der Waals surface area contributed by atoms with Crippen molar-refractivity contribution < 1.29 is 4.74 Å². The van der Waals surface area contributed by atoms with Crippen LogP contribution in [0.15, 0.2) is 53.7 Å². The molecule has 134 valence electrons. The van der Waals surface area contributed by atoms with Crippen molar-refractivity contribution in [1.82, 2.24) is 9.97 Å². The minimum Gasteiger partial charge on any atom is -0.439 e. The summed E-state index contributed by atoms with van der Waals surface area (Å²) in [4.78, 5) is 9.23. The molecular formula is C22H24N2OS. The molecule has 0 aliphatic heterocycles. The Hall–Kier alpha value is -2.33. The molecule has 0 unspecified atom stereocenters. The third-order valence-corrected chi connectivity index (χ3v) is 4.92. The summed E-state index contributed by atoms with van der Waals surface area (Å²) >= 11 is 1.64. The van der Waals surface area contributed by atoms with Crippen LogP contribution in [-0.4, -0.2) is 9.97 Å². The minimum absolute atomic E-state index is 0.605. The van der Waals surface area contributed by atoms with Crippen LogP contribution in [0.5, 0.6) is 11.6 Å². The Labute approximate surface area is 159 Å². The number of thioether (sulfide) groups is 1. The van der Waals surface area contributed by atoms with Gasteiger partial charge in [-0.2, -0.15) is 4.98 Å². The molecule has 0 saturated carbocycles. The smallest absolute Gasteiger partial charge is 0.223 e. The Morgan fingerprint density at radius 2 is 1.54 bits per heavy atom. The molecule has 3 aromatic rings. The lowest BCUT2D eigenvalue weighted by Crippen LogP contribution is -1.98. The van der Waals surface area contributed by atoms with E-state index < -0.39 is 0 Å². The van der Waals surface area contributed by atoms with Crippen LogP contribution in [0.1, 0.15) is 34.9 Å². The topological polar surface area (TPSA) is 35.0 Å². The maximum atomic E-state index is 6.03. The summed E-state index contributed by atoms with van der Waals surface area (Å²) in [6, 6.07) is 16.7. The number of nitrogens with zero attached hydrogens (tertiary/aromatic N) is 2. The number of aryl methyl sites for hydroxylation is 4. The molecule has 3 nitrogen and oxygen atoms in total. The zero-order valence-electron chi connectivity index (χ0n) is 15.7. The van der Waals surface area contributed by atoms with Gasteiger partial charge < -0.3 is 4.74 Å². The SMILES string of the molecule is CCc1cc(Oc2cc(C)cc(C)c2)nc(SCc2ccc(C)cc2)n1. The van der Waals surface area contributed by atoms with Crippen molar-refractivity contribution in [2.45, 2.75) is 45.0 Å². The van der Waals surface area contributed by atoms with Crippen molar-refractivity contribution in [3.63, 3.8) is 0 Å². The summed E-state index contributed by atoms with van der Waals surface area (Å²) in [5, 5.41) is 0.754. The number of rotatable bonds is 6. The van der Waals surface area contributed by atoms with Gasteiger partial charge in [0.15, 0.2) is 5.16 Å². The summed E-state index contributed by atoms with van der Waals surface area (Å²) in [6.07, 6.45) is 0.851. The van der Waals surface area contributed by atoms with Crippen molar-refractivity contribution >= 4 is 11.8 Å². The van der Waals surface area contributed by atoms with E-state index in [0.717, 1.165) is 28.8 Å². The molecule has 0 aliphatic rings. The molecule has 1 heterocycles. The largest absolute Gasteiger partial charge is 0.439 e. The molecule has 0 N–H and O–H groups in total. The fourth-order valence-electron chi connectivity index (χ4n) is 2.69. The van der Waals surface area contributed by atoms with Gasteiger partial charge in [0.1, 0.15) is 5.75 Å². The third-order valence-electron chi connectivity index (χ3n) is 4.00. The van der Waals surface area contributed by atoms with E-state index >= 15 is 0 Å². The van der Waals surface area contributed by atoms with Gasteiger partial charge in [0, 0.05) is 17.5 Å². The second kappa shape index (κ2) is 8.37. The first kappa shape index (κ1) is 18.5. The van der Waals surface area contributed by atoms with Crippen LogP contribution in [0.4, 0.5) is 0 Å². The van der Waals surface area contributed by atoms with Gasteiger partial charge in [-0.1, -0.05) is 54.6 Å². The van der Waals surface area contributed by atoms with Crippen molar-refractivity contribution in [3.8, 4) is 11.6 Å². The number of aromatic nitrogens is 2. The molecule has 0 aliphatic carbocycles. The summed E-state index contributed by atoms with van der Waals surface area (Å²) in [5.74, 6) is 2.27. The zero-order chi connectivity index (χ0) is 18.5. The van der Waals surface area contributed by atoms with E-state index in [-0.39, 0.29) is 0 Å². The Bertz CT molecular complexity index is 871. The fourth-order valence-corrected chi connectivity index (χ4v) is 3.52. The average Bonchev–Trinajstić information content (AvgIpc) is 2.60. The predicted molar refractivity (Wildman–Crippen MR) is 108 cm³/mol. The maximum absolute atomic E-state index is 6.03. The molecule has 0 radical (unpaired) electrons. The van der Waals surface area contributed by atoms with E-state index in [9.17, 15) is 0 Å². The highest BCUT2D eigenvalue weighted by Gasteiger charge is 2.08. The lowest BCUT2D eigenvalue weighted by atomic mass is 10.1. The molecule has 3 rings (SSSR count). The van der Waals surface area contributed by atoms with Gasteiger partial charge >= 0.3 is 0 Å². The van der Waals surface area contributed by atoms with Gasteiger partial charge in [-0.05, 0) is 56.0 Å². The van der Waals surface area contributed by atoms with Crippen LogP contribution in [0, 0.1) is 20.8 Å². The lowest BCUT2D eigenvalue weighted by Gasteiger charge is -2.10. The highest BCUT2D eigenvalue weighted by Crippen LogP contribution is 2.26. The van der Waals surface area contributed by atoms with Gasteiger partial charge in [-0.25, -0.2) is 4.98 Å². The summed E-state index contributed by atoms with van der Waals surface area (Å²) in [7, 11) is 0. The molecule has 0 bridgehead atoms. The Morgan fingerprint density at radius 3 is 2.19 bits per heavy atom. The molecular weight excluding hydrogens is 340 g/mol. The Morgan fingerprint density at radius 1 is 0.846 bits per heavy atom. The summed E-state index contributed by atoms with van der Waals surface area (Å²) < 4.78 is 6.03. The van der Waals surface area contributed by atoms with Gasteiger partial charge in [0.25, 0.3) is 0 Å². The fraction of sp³-hybridized carbons (Fsp3) is 0.273. The van der Waals surface area contributed by atoms with E-state index in [1.54, 1.807) is 11.8 Å². The second-order valence-electron chi connectivity index (χ2n) is 6.53. The zero-order valence-corrected chi connectivity index (χ0v) is 16.6. The van der Waals surface area contributed by atoms with Crippen LogP contribution in [0.25, 0.3) is 0 Å². The monoisotopic (exact) mass is 364 g/mol. The number of benzene rings is 2. The van der Waals surface area contributed by atoms with Crippen molar-refractivity contribution in [1.29, 1.82) is 0 Å². The van der Waals surface area contributed by atoms with Crippen LogP contribution < -0.4 is 4.74 Å². The van der Waals surface area contributed by atoms with E-state index in [4.69, 9.17) is 4.74 Å². The molecule has 26 heavy (non-hydrogen) atoms. The maximum Gasteiger partial charge on any atom is 0.223 e. The first-order valence-electron chi connectivity index (χ1n) is 8.84. The average molecular weight is 365 g/mol. The first-order valence-corrected chi connectivity index (χ1v) is 9.83. The molecule has 0 fully saturated rings. The van der Waals surface area contributed by atoms with E-state index in [0.29, 0.717) is 5.88 Å². The number of hydrogen-bond acceptors (Lipinski definition) is 4. The highest BCUT2D eigenvalue weighted by atomic mass is 32.2. The molecule has 0 saturated heterocycles. The van der Waals surface area contributed by atoms with Crippen molar-refractivity contribution in [3.05, 3.63) is 76.5 Å². The van der Waals surface area contributed by atoms with Gasteiger partial charge in [-0.15, -0.1) is 0 Å². The van der Waals surface area contributed by atoms with E-state index in [1.165, 1.54) is 22.3 Å². The molecule has 0 spiro atoms. The second-order valence-corrected chi connectivity index (χ2v) is 7.48. The van der Waals surface area contributed by atoms with Gasteiger partial charge in [-0.3, -0.25) is 0 Å². The summed E-state index contributed by atoms with van der Waals surface area (Å²) in [6.45, 7) is 8.33. The van der Waals surface area contributed by atoms with E-state index in [2.05, 4.69) is 68.0 Å². The molecule has 4 heteroatoms. The predicted octanol–water partition coefficient (Wildman–Crippen LogP) is 6.05. The van der Waals surface area contributed by atoms with Gasteiger partial charge in [0.05, 0.1) is 0 Å². The van der Waals surface area contributed by atoms with Crippen LogP contribution in [0.2, 0.25) is 0 Å². The quantitative estimate of drug-likeness (QED) is 0.394. The highest BCUT2D eigenvalue weighted by molar-refractivity contribution is 7.98. The molecule has 1 aromatic heterocycles. The van der Waals surface area contributed by atoms with Gasteiger partial charge in [0.2, 0.25) is 5.88 Å². The number of hydrogen-bond donors (Lipinski definition) is 0. The summed E-state index contributed by atoms with van der Waals surface area (Å²) in [5.41, 5.74) is 5.89. The van der Waals surface area contributed by atoms with Crippen LogP contribution >= 0.6 is 11.8 Å². The normalized spacial score (nSPS) is 10.8. The lowest BCUT2D eigenvalue weighted by molar-refractivity contribution is 0.453. The molecule has 2 aromatic carbocycles. The van der Waals surface area contributed by atoms with Crippen molar-refractivity contribution in [2.24, 2.45) is 0 Å². The minimum atomic E-state index is 0.605. The standard InChI is InChI=1S/C22H24N2OS/c1-5-19-13-21(25-20-11-16(3)10-17(4)12-20)24-22(23-19)26-14-18-8-6-15(2)7-9-18/h6-13H,5,14H2,1-4H3. The Kier molecular flexibility index (Phi) is 5.94. The van der Waals surface area contributed by atoms with Crippen molar-refractivity contribution in [2.75, 3.05) is 0 Å². The van der Waals surface area contributed by atoms with Crippen LogP contribution in [0.3, 0.4) is 0 Å².